The number of benzene rings is 2. The van der Waals surface area contributed by atoms with Crippen molar-refractivity contribution in [3.05, 3.63) is 66.2 Å². The fourth-order valence-electron chi connectivity index (χ4n) is 2.31. The summed E-state index contributed by atoms with van der Waals surface area (Å²) in [6.45, 7) is 6.55. The third-order valence-electron chi connectivity index (χ3n) is 3.36. The zero-order valence-electron chi connectivity index (χ0n) is 13.3. The van der Waals surface area contributed by atoms with E-state index in [-0.39, 0.29) is 11.1 Å². The van der Waals surface area contributed by atoms with E-state index in [1.165, 1.54) is 5.30 Å². The average Bonchev–Trinajstić information content (AvgIpc) is 2.48. The van der Waals surface area contributed by atoms with Gasteiger partial charge in [0.1, 0.15) is 6.04 Å². The molecular weight excluding hydrogens is 291 g/mol. The van der Waals surface area contributed by atoms with Crippen LogP contribution >= 0.6 is 8.07 Å². The molecule has 0 aliphatic heterocycles. The number of amides is 1. The standard InChI is InChI=1S/C18H23N2OP/c1-18(2,3)22(15-12-8-5-9-13-15)20-16(17(19)21)14-10-6-4-7-11-14/h4-13,16,20H,1-3H3,(H2,19,21)/t16-,22?/m1/s1. The lowest BCUT2D eigenvalue weighted by atomic mass is 10.1. The Balaban J connectivity index is 2.35. The Kier molecular flexibility index (Phi) is 5.33. The molecule has 0 aromatic heterocycles. The van der Waals surface area contributed by atoms with Crippen LogP contribution in [0.3, 0.4) is 0 Å². The van der Waals surface area contributed by atoms with E-state index in [4.69, 9.17) is 5.73 Å². The molecule has 0 saturated carbocycles. The van der Waals surface area contributed by atoms with Gasteiger partial charge in [-0.05, 0) is 24.1 Å². The van der Waals surface area contributed by atoms with Gasteiger partial charge in [0.05, 0.1) is 0 Å². The van der Waals surface area contributed by atoms with Gasteiger partial charge in [0.25, 0.3) is 0 Å². The zero-order valence-corrected chi connectivity index (χ0v) is 14.2. The van der Waals surface area contributed by atoms with Gasteiger partial charge < -0.3 is 5.73 Å². The molecule has 22 heavy (non-hydrogen) atoms. The quantitative estimate of drug-likeness (QED) is 0.832. The first-order valence-electron chi connectivity index (χ1n) is 7.35. The lowest BCUT2D eigenvalue weighted by Crippen LogP contribution is -2.37. The number of primary amides is 1. The second-order valence-corrected chi connectivity index (χ2v) is 9.00. The highest BCUT2D eigenvalue weighted by Gasteiger charge is 2.30. The van der Waals surface area contributed by atoms with E-state index in [1.807, 2.05) is 48.5 Å². The summed E-state index contributed by atoms with van der Waals surface area (Å²) in [6.07, 6.45) is 0. The van der Waals surface area contributed by atoms with E-state index in [9.17, 15) is 4.79 Å². The summed E-state index contributed by atoms with van der Waals surface area (Å²) >= 11 is 0. The van der Waals surface area contributed by atoms with Crippen molar-refractivity contribution in [1.29, 1.82) is 0 Å². The van der Waals surface area contributed by atoms with Gasteiger partial charge in [0.15, 0.2) is 0 Å². The van der Waals surface area contributed by atoms with Gasteiger partial charge in [-0.2, -0.15) is 0 Å². The molecule has 2 aromatic carbocycles. The summed E-state index contributed by atoms with van der Waals surface area (Å²) in [5.74, 6) is -0.348. The third kappa shape index (κ3) is 4.16. The van der Waals surface area contributed by atoms with Gasteiger partial charge in [0.2, 0.25) is 5.91 Å². The van der Waals surface area contributed by atoms with Crippen molar-refractivity contribution in [3.63, 3.8) is 0 Å². The number of carbonyl (C=O) groups excluding carboxylic acids is 1. The molecule has 1 unspecified atom stereocenters. The summed E-state index contributed by atoms with van der Waals surface area (Å²) in [4.78, 5) is 12.0. The molecule has 0 fully saturated rings. The van der Waals surface area contributed by atoms with Crippen LogP contribution in [0.15, 0.2) is 60.7 Å². The Bertz CT molecular complexity index is 608. The van der Waals surface area contributed by atoms with E-state index < -0.39 is 14.1 Å². The lowest BCUT2D eigenvalue weighted by molar-refractivity contribution is -0.119. The topological polar surface area (TPSA) is 55.1 Å². The molecule has 4 heteroatoms. The maximum atomic E-state index is 12.0. The van der Waals surface area contributed by atoms with Crippen molar-refractivity contribution in [1.82, 2.24) is 5.09 Å². The monoisotopic (exact) mass is 314 g/mol. The zero-order chi connectivity index (χ0) is 16.2. The minimum Gasteiger partial charge on any atom is -0.368 e. The third-order valence-corrected chi connectivity index (χ3v) is 6.03. The van der Waals surface area contributed by atoms with E-state index in [1.54, 1.807) is 0 Å². The van der Waals surface area contributed by atoms with Gasteiger partial charge in [0, 0.05) is 0 Å². The molecule has 0 spiro atoms. The van der Waals surface area contributed by atoms with Gasteiger partial charge in [-0.15, -0.1) is 0 Å². The Hall–Kier alpha value is -1.70. The summed E-state index contributed by atoms with van der Waals surface area (Å²) in [7, 11) is -0.743. The maximum Gasteiger partial charge on any atom is 0.239 e. The minimum atomic E-state index is -0.743. The van der Waals surface area contributed by atoms with Crippen LogP contribution in [0.5, 0.6) is 0 Å². The summed E-state index contributed by atoms with van der Waals surface area (Å²) in [5.41, 5.74) is 6.55. The smallest absolute Gasteiger partial charge is 0.239 e. The summed E-state index contributed by atoms with van der Waals surface area (Å²) in [6, 6.07) is 19.4. The van der Waals surface area contributed by atoms with Crippen molar-refractivity contribution in [2.45, 2.75) is 32.0 Å². The predicted molar refractivity (Wildman–Crippen MR) is 94.3 cm³/mol. The van der Waals surface area contributed by atoms with Crippen LogP contribution in [0.4, 0.5) is 0 Å². The minimum absolute atomic E-state index is 0.0131. The first-order valence-corrected chi connectivity index (χ1v) is 8.69. The van der Waals surface area contributed by atoms with Gasteiger partial charge >= 0.3 is 0 Å². The number of rotatable bonds is 5. The van der Waals surface area contributed by atoms with Crippen LogP contribution in [0.2, 0.25) is 0 Å². The molecule has 1 amide bonds. The molecule has 116 valence electrons. The van der Waals surface area contributed by atoms with Crippen LogP contribution in [-0.2, 0) is 4.79 Å². The van der Waals surface area contributed by atoms with E-state index in [0.717, 1.165) is 5.56 Å². The summed E-state index contributed by atoms with van der Waals surface area (Å²) in [5, 5.41) is 4.74. The Morgan fingerprint density at radius 1 is 1.00 bits per heavy atom. The summed E-state index contributed by atoms with van der Waals surface area (Å²) < 4.78 is 0. The molecule has 0 saturated heterocycles. The van der Waals surface area contributed by atoms with Crippen LogP contribution in [0.1, 0.15) is 32.4 Å². The molecule has 0 radical (unpaired) electrons. The van der Waals surface area contributed by atoms with Crippen molar-refractivity contribution < 1.29 is 4.79 Å². The lowest BCUT2D eigenvalue weighted by Gasteiger charge is -2.34. The largest absolute Gasteiger partial charge is 0.368 e. The van der Waals surface area contributed by atoms with Crippen LogP contribution in [-0.4, -0.2) is 11.1 Å². The molecule has 0 bridgehead atoms. The van der Waals surface area contributed by atoms with Crippen LogP contribution in [0, 0.1) is 0 Å². The molecule has 0 aliphatic carbocycles. The van der Waals surface area contributed by atoms with E-state index >= 15 is 0 Å². The van der Waals surface area contributed by atoms with Crippen molar-refractivity contribution >= 4 is 19.3 Å². The SMILES string of the molecule is CC(C)(C)P(N[C@@H](C(N)=O)c1ccccc1)c1ccccc1. The molecule has 0 heterocycles. The normalized spacial score (nSPS) is 14.3. The highest BCUT2D eigenvalue weighted by atomic mass is 31.1. The Labute approximate surface area is 133 Å². The van der Waals surface area contributed by atoms with Crippen LogP contribution < -0.4 is 16.1 Å². The van der Waals surface area contributed by atoms with Crippen LogP contribution in [0.25, 0.3) is 0 Å². The molecule has 2 rings (SSSR count). The fourth-order valence-corrected chi connectivity index (χ4v) is 4.63. The maximum absolute atomic E-state index is 12.0. The molecular formula is C18H23N2OP. The fraction of sp³-hybridized carbons (Fsp3) is 0.278. The highest BCUT2D eigenvalue weighted by Crippen LogP contribution is 2.46. The number of nitrogens with two attached hydrogens (primary N) is 1. The van der Waals surface area contributed by atoms with Gasteiger partial charge in [-0.25, -0.2) is 0 Å². The molecule has 2 aromatic rings. The van der Waals surface area contributed by atoms with E-state index in [0.29, 0.717) is 0 Å². The predicted octanol–water partition coefficient (Wildman–Crippen LogP) is 3.32. The number of hydrogen-bond acceptors (Lipinski definition) is 2. The van der Waals surface area contributed by atoms with Gasteiger partial charge in [-0.3, -0.25) is 9.88 Å². The highest BCUT2D eigenvalue weighted by molar-refractivity contribution is 7.65. The van der Waals surface area contributed by atoms with E-state index in [2.05, 4.69) is 38.0 Å². The first-order chi connectivity index (χ1) is 10.4. The Morgan fingerprint density at radius 3 is 1.95 bits per heavy atom. The number of carbonyl (C=O) groups is 1. The first kappa shape index (κ1) is 16.7. The number of nitrogens with one attached hydrogen (secondary N) is 1. The molecule has 0 aliphatic rings. The van der Waals surface area contributed by atoms with Crippen molar-refractivity contribution in [2.24, 2.45) is 5.73 Å². The average molecular weight is 314 g/mol. The van der Waals surface area contributed by atoms with Crippen molar-refractivity contribution in [3.8, 4) is 0 Å². The number of hydrogen-bond donors (Lipinski definition) is 2. The molecule has 3 N–H and O–H groups in total. The second kappa shape index (κ2) is 7.04. The molecule has 2 atom stereocenters. The van der Waals surface area contributed by atoms with Crippen molar-refractivity contribution in [2.75, 3.05) is 0 Å². The molecule has 3 nitrogen and oxygen atoms in total. The van der Waals surface area contributed by atoms with Gasteiger partial charge in [-0.1, -0.05) is 81.4 Å². The second-order valence-electron chi connectivity index (χ2n) is 6.22. The Morgan fingerprint density at radius 2 is 1.50 bits per heavy atom.